The molecule has 1 N–H and O–H groups in total. The van der Waals surface area contributed by atoms with Crippen LogP contribution in [0.1, 0.15) is 23.5 Å². The van der Waals surface area contributed by atoms with Crippen molar-refractivity contribution in [3.63, 3.8) is 0 Å². The Morgan fingerprint density at radius 1 is 1.30 bits per heavy atom. The highest BCUT2D eigenvalue weighted by atomic mass is 32.1. The van der Waals surface area contributed by atoms with Crippen LogP contribution in [0.3, 0.4) is 0 Å². The Morgan fingerprint density at radius 2 is 2.11 bits per heavy atom. The van der Waals surface area contributed by atoms with Crippen LogP contribution in [0.2, 0.25) is 0 Å². The first kappa shape index (κ1) is 18.0. The fourth-order valence-corrected chi connectivity index (χ4v) is 4.13. The molecular formula is C17H19F2N5O2S. The van der Waals surface area contributed by atoms with Crippen LogP contribution in [0.5, 0.6) is 0 Å². The zero-order valence-electron chi connectivity index (χ0n) is 14.5. The number of carbonyl (C=O) groups is 2. The zero-order chi connectivity index (χ0) is 19.0. The Hall–Kier alpha value is -2.36. The first-order valence-electron chi connectivity index (χ1n) is 8.75. The molecule has 1 aliphatic carbocycles. The molecule has 0 spiro atoms. The highest BCUT2D eigenvalue weighted by molar-refractivity contribution is 7.09. The minimum absolute atomic E-state index is 0.169. The molecule has 1 aliphatic heterocycles. The predicted octanol–water partition coefficient (Wildman–Crippen LogP) is 1.66. The van der Waals surface area contributed by atoms with E-state index < -0.39 is 30.6 Å². The van der Waals surface area contributed by atoms with E-state index in [0.717, 1.165) is 4.88 Å². The number of halogens is 2. The van der Waals surface area contributed by atoms with Crippen LogP contribution < -0.4 is 5.32 Å². The van der Waals surface area contributed by atoms with Gasteiger partial charge in [-0.05, 0) is 11.4 Å². The minimum atomic E-state index is -2.76. The van der Waals surface area contributed by atoms with Crippen LogP contribution >= 0.6 is 11.3 Å². The van der Waals surface area contributed by atoms with Crippen LogP contribution in [-0.4, -0.2) is 43.9 Å². The Balaban J connectivity index is 1.46. The zero-order valence-corrected chi connectivity index (χ0v) is 15.3. The number of nitrogens with one attached hydrogen (secondary N) is 1. The molecule has 1 saturated carbocycles. The second-order valence-corrected chi connectivity index (χ2v) is 8.06. The van der Waals surface area contributed by atoms with Gasteiger partial charge in [0, 0.05) is 30.2 Å². The second-order valence-electron chi connectivity index (χ2n) is 7.03. The first-order chi connectivity index (χ1) is 12.9. The predicted molar refractivity (Wildman–Crippen MR) is 92.8 cm³/mol. The van der Waals surface area contributed by atoms with Gasteiger partial charge in [0.2, 0.25) is 17.7 Å². The number of fused-ring (bicyclic) bond motifs is 1. The number of carbonyl (C=O) groups excluding carboxylic acids is 2. The molecule has 2 aromatic rings. The van der Waals surface area contributed by atoms with E-state index in [1.54, 1.807) is 16.0 Å². The van der Waals surface area contributed by atoms with Crippen molar-refractivity contribution in [2.75, 3.05) is 6.54 Å². The molecule has 4 rings (SSSR count). The molecule has 1 fully saturated rings. The van der Waals surface area contributed by atoms with Crippen LogP contribution in [0.4, 0.5) is 8.78 Å². The Bertz CT molecular complexity index is 830. The van der Waals surface area contributed by atoms with Gasteiger partial charge in [-0.2, -0.15) is 5.10 Å². The molecule has 0 radical (unpaired) electrons. The normalized spacial score (nSPS) is 21.9. The third kappa shape index (κ3) is 3.85. The number of rotatable bonds is 4. The van der Waals surface area contributed by atoms with Crippen LogP contribution in [0.15, 0.2) is 23.8 Å². The van der Waals surface area contributed by atoms with Crippen LogP contribution in [0.25, 0.3) is 0 Å². The molecule has 10 heteroatoms. The number of thiophene rings is 1. The van der Waals surface area contributed by atoms with Gasteiger partial charge in [0.05, 0.1) is 25.6 Å². The summed E-state index contributed by atoms with van der Waals surface area (Å²) < 4.78 is 27.9. The van der Waals surface area contributed by atoms with E-state index in [0.29, 0.717) is 18.9 Å². The summed E-state index contributed by atoms with van der Waals surface area (Å²) in [6.07, 6.45) is 0.524. The lowest BCUT2D eigenvalue weighted by Crippen LogP contribution is -2.48. The van der Waals surface area contributed by atoms with Crippen molar-refractivity contribution in [2.45, 2.75) is 38.4 Å². The molecule has 7 nitrogen and oxygen atoms in total. The third-order valence-corrected chi connectivity index (χ3v) is 5.88. The van der Waals surface area contributed by atoms with Crippen molar-refractivity contribution in [2.24, 2.45) is 11.8 Å². The fraction of sp³-hybridized carbons (Fsp3) is 0.529. The topological polar surface area (TPSA) is 80.1 Å². The largest absolute Gasteiger partial charge is 0.351 e. The van der Waals surface area contributed by atoms with Crippen molar-refractivity contribution < 1.29 is 18.4 Å². The van der Waals surface area contributed by atoms with Gasteiger partial charge >= 0.3 is 0 Å². The maximum absolute atomic E-state index is 13.2. The summed E-state index contributed by atoms with van der Waals surface area (Å²) in [6.45, 7) is 1.06. The summed E-state index contributed by atoms with van der Waals surface area (Å²) in [7, 11) is 0. The van der Waals surface area contributed by atoms with Gasteiger partial charge in [0.15, 0.2) is 0 Å². The summed E-state index contributed by atoms with van der Waals surface area (Å²) in [5.41, 5.74) is 0. The minimum Gasteiger partial charge on any atom is -0.351 e. The summed E-state index contributed by atoms with van der Waals surface area (Å²) in [5, 5.41) is 8.95. The van der Waals surface area contributed by atoms with Crippen molar-refractivity contribution in [3.05, 3.63) is 34.5 Å². The van der Waals surface area contributed by atoms with E-state index in [4.69, 9.17) is 0 Å². The maximum atomic E-state index is 13.2. The van der Waals surface area contributed by atoms with Crippen molar-refractivity contribution in [3.8, 4) is 0 Å². The molecule has 1 unspecified atom stereocenters. The summed E-state index contributed by atoms with van der Waals surface area (Å²) in [6, 6.07) is 3.84. The van der Waals surface area contributed by atoms with Gasteiger partial charge in [0.25, 0.3) is 0 Å². The molecule has 2 amide bonds. The van der Waals surface area contributed by atoms with Crippen molar-refractivity contribution in [1.29, 1.82) is 0 Å². The Labute approximate surface area is 158 Å². The lowest BCUT2D eigenvalue weighted by atomic mass is 9.80. The molecule has 0 aromatic carbocycles. The molecule has 27 heavy (non-hydrogen) atoms. The van der Waals surface area contributed by atoms with Gasteiger partial charge in [-0.15, -0.1) is 11.3 Å². The van der Waals surface area contributed by atoms with E-state index in [1.807, 2.05) is 17.5 Å². The number of amides is 2. The van der Waals surface area contributed by atoms with E-state index in [-0.39, 0.29) is 24.9 Å². The highest BCUT2D eigenvalue weighted by Crippen LogP contribution is 2.43. The average Bonchev–Trinajstić information content (AvgIpc) is 3.24. The van der Waals surface area contributed by atoms with E-state index in [2.05, 4.69) is 15.4 Å². The quantitative estimate of drug-likeness (QED) is 0.854. The number of aromatic nitrogens is 3. The molecule has 1 atom stereocenters. The molecule has 2 aliphatic rings. The molecule has 0 bridgehead atoms. The standard InChI is InChI=1S/C17H19F2N5O2S/c18-17(19)4-11(5-17)16(26)23-7-12(8-24-14(9-23)21-10-22-24)15(25)20-6-13-2-1-3-27-13/h1-3,10-12H,4-9H2,(H,20,25). The van der Waals surface area contributed by atoms with Crippen LogP contribution in [0, 0.1) is 11.8 Å². The maximum Gasteiger partial charge on any atom is 0.249 e. The number of hydrogen-bond donors (Lipinski definition) is 1. The highest BCUT2D eigenvalue weighted by Gasteiger charge is 2.50. The number of alkyl halides is 2. The Kier molecular flexibility index (Phi) is 4.67. The van der Waals surface area contributed by atoms with Gasteiger partial charge in [0.1, 0.15) is 12.2 Å². The van der Waals surface area contributed by atoms with Gasteiger partial charge in [-0.3, -0.25) is 9.59 Å². The number of hydrogen-bond acceptors (Lipinski definition) is 5. The average molecular weight is 395 g/mol. The first-order valence-corrected chi connectivity index (χ1v) is 9.63. The van der Waals surface area contributed by atoms with Gasteiger partial charge in [-0.1, -0.05) is 6.07 Å². The fourth-order valence-electron chi connectivity index (χ4n) is 3.49. The van der Waals surface area contributed by atoms with Crippen molar-refractivity contribution >= 4 is 23.2 Å². The molecular weight excluding hydrogens is 376 g/mol. The monoisotopic (exact) mass is 395 g/mol. The molecule has 0 saturated heterocycles. The van der Waals surface area contributed by atoms with Crippen LogP contribution in [-0.2, 0) is 29.2 Å². The SMILES string of the molecule is O=C(NCc1cccs1)C1CN(C(=O)C2CC(F)(F)C2)Cc2ncnn2C1. The second kappa shape index (κ2) is 6.99. The smallest absolute Gasteiger partial charge is 0.249 e. The van der Waals surface area contributed by atoms with E-state index in [9.17, 15) is 18.4 Å². The van der Waals surface area contributed by atoms with Crippen molar-refractivity contribution in [1.82, 2.24) is 25.0 Å². The molecule has 2 aromatic heterocycles. The summed E-state index contributed by atoms with van der Waals surface area (Å²) in [4.78, 5) is 32.0. The summed E-state index contributed by atoms with van der Waals surface area (Å²) in [5.74, 6) is -3.94. The third-order valence-electron chi connectivity index (χ3n) is 5.00. The summed E-state index contributed by atoms with van der Waals surface area (Å²) >= 11 is 1.55. The molecule has 3 heterocycles. The lowest BCUT2D eigenvalue weighted by Gasteiger charge is -2.37. The van der Waals surface area contributed by atoms with Gasteiger partial charge < -0.3 is 10.2 Å². The van der Waals surface area contributed by atoms with Gasteiger partial charge in [-0.25, -0.2) is 18.4 Å². The van der Waals surface area contributed by atoms with E-state index >= 15 is 0 Å². The molecule has 144 valence electrons. The number of nitrogens with zero attached hydrogens (tertiary/aromatic N) is 4. The van der Waals surface area contributed by atoms with E-state index in [1.165, 1.54) is 11.2 Å². The Morgan fingerprint density at radius 3 is 2.81 bits per heavy atom. The lowest BCUT2D eigenvalue weighted by molar-refractivity contribution is -0.161.